The second kappa shape index (κ2) is 4.91. The molecule has 4 saturated carbocycles. The summed E-state index contributed by atoms with van der Waals surface area (Å²) in [6.07, 6.45) is 3.80. The van der Waals surface area contributed by atoms with Crippen LogP contribution in [-0.2, 0) is 19.6 Å². The highest BCUT2D eigenvalue weighted by molar-refractivity contribution is 7.86. The zero-order valence-corrected chi connectivity index (χ0v) is 12.8. The van der Waals surface area contributed by atoms with Crippen molar-refractivity contribution in [1.82, 2.24) is 0 Å². The monoisotopic (exact) mass is 319 g/mol. The minimum atomic E-state index is -5.14. The number of alkyl halides is 1. The highest BCUT2D eigenvalue weighted by Crippen LogP contribution is 2.62. The van der Waals surface area contributed by atoms with E-state index < -0.39 is 33.1 Å². The molecule has 0 aromatic carbocycles. The fraction of sp³-hybridized carbons (Fsp3) is 0.929. The first-order valence-corrected chi connectivity index (χ1v) is 8.93. The number of hydrogen-bond acceptors (Lipinski definition) is 5. The van der Waals surface area contributed by atoms with Crippen LogP contribution < -0.4 is 0 Å². The average molecular weight is 319 g/mol. The van der Waals surface area contributed by atoms with Crippen LogP contribution in [0.15, 0.2) is 0 Å². The molecule has 0 aromatic rings. The molecule has 0 aromatic heterocycles. The van der Waals surface area contributed by atoms with Crippen LogP contribution in [0.4, 0.5) is 4.39 Å². The van der Waals surface area contributed by atoms with Gasteiger partial charge < -0.3 is 9.29 Å². The van der Waals surface area contributed by atoms with Gasteiger partial charge in [-0.15, -0.1) is 0 Å². The second-order valence-electron chi connectivity index (χ2n) is 7.15. The van der Waals surface area contributed by atoms with Gasteiger partial charge in [0.15, 0.2) is 6.10 Å². The van der Waals surface area contributed by atoms with Crippen molar-refractivity contribution in [3.63, 3.8) is 0 Å². The van der Waals surface area contributed by atoms with E-state index >= 15 is 0 Å². The third-order valence-corrected chi connectivity index (χ3v) is 6.29. The van der Waals surface area contributed by atoms with E-state index in [1.165, 1.54) is 0 Å². The molecule has 0 saturated heterocycles. The number of halogens is 1. The molecule has 120 valence electrons. The summed E-state index contributed by atoms with van der Waals surface area (Å²) in [5, 5.41) is 0. The minimum absolute atomic E-state index is 0.441. The first-order chi connectivity index (χ1) is 9.69. The summed E-state index contributed by atoms with van der Waals surface area (Å²) < 4.78 is 52.7. The fourth-order valence-corrected chi connectivity index (χ4v) is 5.96. The lowest BCUT2D eigenvalue weighted by Crippen LogP contribution is -2.56. The van der Waals surface area contributed by atoms with E-state index in [-0.39, 0.29) is 0 Å². The van der Waals surface area contributed by atoms with Gasteiger partial charge in [0.05, 0.1) is 0 Å². The Morgan fingerprint density at radius 1 is 1.19 bits per heavy atom. The smallest absolute Gasteiger partial charge is 0.303 e. The van der Waals surface area contributed by atoms with E-state index in [1.807, 2.05) is 0 Å². The lowest BCUT2D eigenvalue weighted by Gasteiger charge is -2.59. The number of rotatable bonds is 4. The highest BCUT2D eigenvalue weighted by atomic mass is 32.2. The third kappa shape index (κ3) is 2.70. The van der Waals surface area contributed by atoms with Crippen molar-refractivity contribution >= 4 is 16.1 Å². The summed E-state index contributed by atoms with van der Waals surface area (Å²) in [6, 6.07) is 0. The third-order valence-electron chi connectivity index (χ3n) is 5.50. The van der Waals surface area contributed by atoms with Gasteiger partial charge in [-0.3, -0.25) is 4.79 Å². The fourth-order valence-electron chi connectivity index (χ4n) is 5.31. The summed E-state index contributed by atoms with van der Waals surface area (Å²) in [6.45, 7) is 1.12. The summed E-state index contributed by atoms with van der Waals surface area (Å²) in [5.41, 5.74) is -3.34. The molecule has 0 aliphatic heterocycles. The summed E-state index contributed by atoms with van der Waals surface area (Å²) in [7, 11) is -5.14. The van der Waals surface area contributed by atoms with Gasteiger partial charge in [0.1, 0.15) is 10.1 Å². The first-order valence-electron chi connectivity index (χ1n) is 7.45. The van der Waals surface area contributed by atoms with Crippen LogP contribution in [0.2, 0.25) is 0 Å². The Labute approximate surface area is 124 Å². The lowest BCUT2D eigenvalue weighted by atomic mass is 9.48. The van der Waals surface area contributed by atoms with E-state index in [0.29, 0.717) is 37.0 Å². The molecule has 5 nitrogen and oxygen atoms in total. The van der Waals surface area contributed by atoms with Crippen LogP contribution in [0.1, 0.15) is 45.4 Å². The van der Waals surface area contributed by atoms with Crippen LogP contribution in [0.5, 0.6) is 0 Å². The molecule has 0 spiro atoms. The topological polar surface area (TPSA) is 83.5 Å². The number of hydrogen-bond donors (Lipinski definition) is 0. The van der Waals surface area contributed by atoms with E-state index in [2.05, 4.69) is 0 Å². The predicted molar refractivity (Wildman–Crippen MR) is 70.8 cm³/mol. The largest absolute Gasteiger partial charge is 0.746 e. The molecule has 4 bridgehead atoms. The molecule has 4 fully saturated rings. The van der Waals surface area contributed by atoms with E-state index in [9.17, 15) is 22.2 Å². The first kappa shape index (κ1) is 15.2. The van der Waals surface area contributed by atoms with Gasteiger partial charge in [0, 0.05) is 12.3 Å². The lowest BCUT2D eigenvalue weighted by molar-refractivity contribution is -0.176. The summed E-state index contributed by atoms with van der Waals surface area (Å²) in [4.78, 5) is 11.3. The van der Waals surface area contributed by atoms with Crippen molar-refractivity contribution in [2.24, 2.45) is 23.2 Å². The van der Waals surface area contributed by atoms with Gasteiger partial charge in [-0.2, -0.15) is 0 Å². The number of ether oxygens (including phenoxy) is 1. The maximum atomic E-state index is 14.3. The molecule has 2 unspecified atom stereocenters. The van der Waals surface area contributed by atoms with Gasteiger partial charge in [0.2, 0.25) is 5.50 Å². The zero-order chi connectivity index (χ0) is 15.4. The molecule has 0 radical (unpaired) electrons. The van der Waals surface area contributed by atoms with Crippen LogP contribution in [-0.4, -0.2) is 30.5 Å². The van der Waals surface area contributed by atoms with Crippen molar-refractivity contribution in [2.45, 2.75) is 57.1 Å². The Bertz CT molecular complexity index is 508. The van der Waals surface area contributed by atoms with Crippen LogP contribution in [0, 0.1) is 23.2 Å². The van der Waals surface area contributed by atoms with Gasteiger partial charge in [-0.1, -0.05) is 0 Å². The Balaban J connectivity index is 1.94. The maximum Gasteiger partial charge on any atom is 0.303 e. The van der Waals surface area contributed by atoms with E-state index in [0.717, 1.165) is 26.2 Å². The number of esters is 1. The zero-order valence-electron chi connectivity index (χ0n) is 12.0. The quantitative estimate of drug-likeness (QED) is 0.584. The van der Waals surface area contributed by atoms with Crippen molar-refractivity contribution in [3.05, 3.63) is 0 Å². The molecule has 0 N–H and O–H groups in total. The van der Waals surface area contributed by atoms with E-state index in [4.69, 9.17) is 4.74 Å². The van der Waals surface area contributed by atoms with Crippen molar-refractivity contribution in [2.75, 3.05) is 0 Å². The molecule has 0 heterocycles. The minimum Gasteiger partial charge on any atom is -0.746 e. The molecule has 4 rings (SSSR count). The molecule has 0 amide bonds. The summed E-state index contributed by atoms with van der Waals surface area (Å²) in [5.74, 6) is 0.588. The highest BCUT2D eigenvalue weighted by Gasteiger charge is 2.58. The normalized spacial score (nSPS) is 40.8. The Morgan fingerprint density at radius 2 is 1.62 bits per heavy atom. The van der Waals surface area contributed by atoms with Crippen LogP contribution in [0.3, 0.4) is 0 Å². The van der Waals surface area contributed by atoms with Crippen molar-refractivity contribution in [1.29, 1.82) is 0 Å². The predicted octanol–water partition coefficient (Wildman–Crippen LogP) is 1.98. The Morgan fingerprint density at radius 3 is 1.95 bits per heavy atom. The molecule has 21 heavy (non-hydrogen) atoms. The van der Waals surface area contributed by atoms with Gasteiger partial charge in [0.25, 0.3) is 0 Å². The molecule has 7 heteroatoms. The molecular formula is C14H20FO5S-. The molecule has 4 aliphatic rings. The van der Waals surface area contributed by atoms with Crippen molar-refractivity contribution in [3.8, 4) is 0 Å². The number of carbonyl (C=O) groups is 1. The summed E-state index contributed by atoms with van der Waals surface area (Å²) >= 11 is 0. The van der Waals surface area contributed by atoms with Gasteiger partial charge in [-0.25, -0.2) is 12.8 Å². The SMILES string of the molecule is CC(=O)OC(C(F)S(=O)(=O)[O-])C12CC3CC(CC(C3)C1)C2. The van der Waals surface area contributed by atoms with Crippen LogP contribution >= 0.6 is 0 Å². The Hall–Kier alpha value is -0.690. The van der Waals surface area contributed by atoms with Gasteiger partial charge >= 0.3 is 5.97 Å². The van der Waals surface area contributed by atoms with Gasteiger partial charge in [-0.05, 0) is 56.3 Å². The molecule has 4 aliphatic carbocycles. The van der Waals surface area contributed by atoms with Crippen LogP contribution in [0.25, 0.3) is 0 Å². The molecular weight excluding hydrogens is 299 g/mol. The number of carbonyl (C=O) groups excluding carboxylic acids is 1. The van der Waals surface area contributed by atoms with Crippen molar-refractivity contribution < 1.29 is 26.9 Å². The van der Waals surface area contributed by atoms with E-state index in [1.54, 1.807) is 0 Å². The molecule has 2 atom stereocenters. The standard InChI is InChI=1S/C14H21FO5S/c1-8(16)20-12(13(15)21(17,18)19)14-5-9-2-10(6-14)4-11(3-9)7-14/h9-13H,2-7H2,1H3,(H,17,18,19)/p-1. The Kier molecular flexibility index (Phi) is 3.56. The maximum absolute atomic E-state index is 14.3. The second-order valence-corrected chi connectivity index (χ2v) is 8.59. The average Bonchev–Trinajstić information content (AvgIpc) is 2.32.